The van der Waals surface area contributed by atoms with Crippen molar-refractivity contribution in [2.75, 3.05) is 13.1 Å². The van der Waals surface area contributed by atoms with Crippen molar-refractivity contribution in [3.05, 3.63) is 52.0 Å². The van der Waals surface area contributed by atoms with Crippen LogP contribution in [0.1, 0.15) is 30.9 Å². The maximum atomic E-state index is 11.7. The normalized spacial score (nSPS) is 17.9. The molecule has 1 aliphatic carbocycles. The lowest BCUT2D eigenvalue weighted by Gasteiger charge is -2.41. The van der Waals surface area contributed by atoms with Gasteiger partial charge in [0.15, 0.2) is 0 Å². The van der Waals surface area contributed by atoms with E-state index in [4.69, 9.17) is 7.85 Å². The van der Waals surface area contributed by atoms with Gasteiger partial charge in [-0.15, -0.1) is 0 Å². The van der Waals surface area contributed by atoms with E-state index in [0.29, 0.717) is 0 Å². The first-order valence-electron chi connectivity index (χ1n) is 7.97. The maximum absolute atomic E-state index is 11.7. The van der Waals surface area contributed by atoms with Crippen molar-refractivity contribution in [3.8, 4) is 11.1 Å². The SMILES string of the molecule is [B]c1ccc2c(c1)C1(CCN(C(C)=O)CC1)c1cc(Br)ccc1-2. The number of halogens is 1. The van der Waals surface area contributed by atoms with E-state index in [9.17, 15) is 4.79 Å². The molecule has 1 amide bonds. The van der Waals surface area contributed by atoms with Crippen LogP contribution in [0.25, 0.3) is 11.1 Å². The number of benzene rings is 2. The number of carbonyl (C=O) groups is 1. The van der Waals surface area contributed by atoms with Crippen molar-refractivity contribution in [2.45, 2.75) is 25.2 Å². The molecule has 0 N–H and O–H groups in total. The molecule has 1 spiro atoms. The molecule has 0 aromatic heterocycles. The van der Waals surface area contributed by atoms with Crippen molar-refractivity contribution in [1.29, 1.82) is 0 Å². The number of amides is 1. The summed E-state index contributed by atoms with van der Waals surface area (Å²) in [5.41, 5.74) is 6.08. The van der Waals surface area contributed by atoms with Crippen molar-refractivity contribution < 1.29 is 4.79 Å². The molecule has 1 fully saturated rings. The van der Waals surface area contributed by atoms with E-state index in [2.05, 4.69) is 46.3 Å². The van der Waals surface area contributed by atoms with Crippen LogP contribution >= 0.6 is 15.9 Å². The van der Waals surface area contributed by atoms with Crippen LogP contribution in [0, 0.1) is 0 Å². The fraction of sp³-hybridized carbons (Fsp3) is 0.316. The minimum Gasteiger partial charge on any atom is -0.343 e. The quantitative estimate of drug-likeness (QED) is 0.657. The van der Waals surface area contributed by atoms with Crippen LogP contribution < -0.4 is 5.46 Å². The number of nitrogens with zero attached hydrogens (tertiary/aromatic N) is 1. The zero-order valence-electron chi connectivity index (χ0n) is 13.1. The fourth-order valence-corrected chi connectivity index (χ4v) is 4.59. The first kappa shape index (κ1) is 15.0. The molecule has 2 aliphatic rings. The summed E-state index contributed by atoms with van der Waals surface area (Å²) >= 11 is 3.62. The molecule has 4 rings (SSSR count). The largest absolute Gasteiger partial charge is 0.343 e. The molecule has 0 saturated carbocycles. The van der Waals surface area contributed by atoms with E-state index >= 15 is 0 Å². The number of fused-ring (bicyclic) bond motifs is 5. The minimum atomic E-state index is -0.0181. The Bertz CT molecular complexity index is 756. The summed E-state index contributed by atoms with van der Waals surface area (Å²) in [6.45, 7) is 3.26. The van der Waals surface area contributed by atoms with Crippen LogP contribution in [0.5, 0.6) is 0 Å². The Kier molecular flexibility index (Phi) is 3.42. The summed E-state index contributed by atoms with van der Waals surface area (Å²) in [5.74, 6) is 0.167. The highest BCUT2D eigenvalue weighted by atomic mass is 79.9. The zero-order valence-corrected chi connectivity index (χ0v) is 14.7. The number of hydrogen-bond acceptors (Lipinski definition) is 1. The molecule has 2 aromatic carbocycles. The second-order valence-corrected chi connectivity index (χ2v) is 7.50. The molecule has 1 aliphatic heterocycles. The van der Waals surface area contributed by atoms with Gasteiger partial charge in [-0.1, -0.05) is 45.7 Å². The van der Waals surface area contributed by atoms with E-state index in [1.165, 1.54) is 22.3 Å². The smallest absolute Gasteiger partial charge is 0.219 e. The van der Waals surface area contributed by atoms with E-state index in [1.54, 1.807) is 6.92 Å². The van der Waals surface area contributed by atoms with Crippen LogP contribution in [-0.4, -0.2) is 31.7 Å². The van der Waals surface area contributed by atoms with Gasteiger partial charge in [0, 0.05) is 29.9 Å². The summed E-state index contributed by atoms with van der Waals surface area (Å²) in [7, 11) is 6.09. The van der Waals surface area contributed by atoms with Crippen molar-refractivity contribution in [1.82, 2.24) is 4.90 Å². The third-order valence-electron chi connectivity index (χ3n) is 5.41. The lowest BCUT2D eigenvalue weighted by atomic mass is 9.70. The van der Waals surface area contributed by atoms with E-state index in [-0.39, 0.29) is 11.3 Å². The lowest BCUT2D eigenvalue weighted by Crippen LogP contribution is -2.44. The summed E-state index contributed by atoms with van der Waals surface area (Å²) in [4.78, 5) is 13.7. The molecule has 0 unspecified atom stereocenters. The van der Waals surface area contributed by atoms with Crippen LogP contribution in [0.2, 0.25) is 0 Å². The lowest BCUT2D eigenvalue weighted by molar-refractivity contribution is -0.130. The molecular weight excluding hydrogens is 349 g/mol. The second kappa shape index (κ2) is 5.24. The van der Waals surface area contributed by atoms with Crippen LogP contribution in [0.4, 0.5) is 0 Å². The first-order valence-corrected chi connectivity index (χ1v) is 8.76. The Balaban J connectivity index is 1.88. The van der Waals surface area contributed by atoms with Gasteiger partial charge in [0.2, 0.25) is 5.91 Å². The third kappa shape index (κ3) is 2.19. The number of likely N-dealkylation sites (tertiary alicyclic amines) is 1. The first-order chi connectivity index (χ1) is 11.0. The molecular formula is C19H17BBrNO. The highest BCUT2D eigenvalue weighted by Gasteiger charge is 2.45. The molecule has 4 heteroatoms. The number of piperidine rings is 1. The van der Waals surface area contributed by atoms with Crippen molar-refractivity contribution in [3.63, 3.8) is 0 Å². The molecule has 114 valence electrons. The van der Waals surface area contributed by atoms with Gasteiger partial charge in [-0.2, -0.15) is 0 Å². The summed E-state index contributed by atoms with van der Waals surface area (Å²) in [6, 6.07) is 12.8. The van der Waals surface area contributed by atoms with Gasteiger partial charge in [-0.3, -0.25) is 4.79 Å². The van der Waals surface area contributed by atoms with Gasteiger partial charge in [0.1, 0.15) is 7.85 Å². The van der Waals surface area contributed by atoms with E-state index in [1.807, 2.05) is 11.0 Å². The van der Waals surface area contributed by atoms with Gasteiger partial charge in [-0.25, -0.2) is 0 Å². The third-order valence-corrected chi connectivity index (χ3v) is 5.90. The summed E-state index contributed by atoms with van der Waals surface area (Å²) in [6.07, 6.45) is 1.90. The molecule has 1 heterocycles. The van der Waals surface area contributed by atoms with E-state index < -0.39 is 0 Å². The Morgan fingerprint density at radius 1 is 1.09 bits per heavy atom. The highest BCUT2D eigenvalue weighted by molar-refractivity contribution is 9.10. The maximum Gasteiger partial charge on any atom is 0.219 e. The number of rotatable bonds is 0. The number of carbonyl (C=O) groups excluding carboxylic acids is 1. The monoisotopic (exact) mass is 365 g/mol. The van der Waals surface area contributed by atoms with Gasteiger partial charge < -0.3 is 4.90 Å². The Morgan fingerprint density at radius 3 is 2.35 bits per heavy atom. The molecule has 0 atom stereocenters. The number of hydrogen-bond donors (Lipinski definition) is 0. The minimum absolute atomic E-state index is 0.0181. The second-order valence-electron chi connectivity index (χ2n) is 6.58. The van der Waals surface area contributed by atoms with Crippen molar-refractivity contribution in [2.24, 2.45) is 0 Å². The fourth-order valence-electron chi connectivity index (χ4n) is 4.23. The molecule has 0 bridgehead atoms. The average molecular weight is 366 g/mol. The summed E-state index contributed by atoms with van der Waals surface area (Å²) < 4.78 is 1.10. The van der Waals surface area contributed by atoms with Gasteiger partial charge in [0.05, 0.1) is 0 Å². The molecule has 23 heavy (non-hydrogen) atoms. The van der Waals surface area contributed by atoms with Crippen molar-refractivity contribution >= 4 is 35.1 Å². The predicted octanol–water partition coefficient (Wildman–Crippen LogP) is 3.15. The molecule has 2 aromatic rings. The molecule has 1 saturated heterocycles. The molecule has 2 radical (unpaired) electrons. The topological polar surface area (TPSA) is 20.3 Å². The highest BCUT2D eigenvalue weighted by Crippen LogP contribution is 2.54. The Hall–Kier alpha value is -1.55. The van der Waals surface area contributed by atoms with Gasteiger partial charge >= 0.3 is 0 Å². The zero-order chi connectivity index (χ0) is 16.2. The Morgan fingerprint density at radius 2 is 1.70 bits per heavy atom. The molecule has 2 nitrogen and oxygen atoms in total. The standard InChI is InChI=1S/C19H17BBrNO/c1-12(23)22-8-6-19(7-9-22)17-10-13(20)2-4-15(17)16-5-3-14(21)11-18(16)19/h2-5,10-11H,6-9H2,1H3. The van der Waals surface area contributed by atoms with E-state index in [0.717, 1.165) is 35.9 Å². The Labute approximate surface area is 146 Å². The summed E-state index contributed by atoms with van der Waals surface area (Å²) in [5, 5.41) is 0. The van der Waals surface area contributed by atoms with Gasteiger partial charge in [-0.05, 0) is 47.2 Å². The average Bonchev–Trinajstić information content (AvgIpc) is 2.78. The van der Waals surface area contributed by atoms with Gasteiger partial charge in [0.25, 0.3) is 0 Å². The predicted molar refractivity (Wildman–Crippen MR) is 97.2 cm³/mol. The van der Waals surface area contributed by atoms with Crippen LogP contribution in [0.3, 0.4) is 0 Å². The van der Waals surface area contributed by atoms with Crippen LogP contribution in [-0.2, 0) is 10.2 Å². The van der Waals surface area contributed by atoms with Crippen LogP contribution in [0.15, 0.2) is 40.9 Å².